The number of nitriles is 1. The first-order valence-corrected chi connectivity index (χ1v) is 11.5. The lowest BCUT2D eigenvalue weighted by Crippen LogP contribution is -2.49. The predicted molar refractivity (Wildman–Crippen MR) is 107 cm³/mol. The first-order chi connectivity index (χ1) is 13.7. The van der Waals surface area contributed by atoms with Crippen LogP contribution in [0.1, 0.15) is 51.4 Å². The summed E-state index contributed by atoms with van der Waals surface area (Å²) < 4.78 is 20.7. The van der Waals surface area contributed by atoms with Crippen LogP contribution in [-0.2, 0) is 4.74 Å². The molecular formula is C22H37FN4O. The van der Waals surface area contributed by atoms with Crippen LogP contribution >= 0.6 is 0 Å². The Balaban J connectivity index is 1.51. The van der Waals surface area contributed by atoms with Crippen molar-refractivity contribution in [2.45, 2.75) is 69.7 Å². The summed E-state index contributed by atoms with van der Waals surface area (Å²) in [6, 6.07) is 2.74. The number of nitrogens with one attached hydrogen (secondary N) is 2. The van der Waals surface area contributed by atoms with Gasteiger partial charge in [0.2, 0.25) is 0 Å². The topological polar surface area (TPSA) is 60.3 Å². The van der Waals surface area contributed by atoms with Crippen molar-refractivity contribution >= 4 is 0 Å². The Bertz CT molecular complexity index is 549. The van der Waals surface area contributed by atoms with E-state index in [1.165, 1.54) is 25.7 Å². The van der Waals surface area contributed by atoms with E-state index in [1.54, 1.807) is 0 Å². The van der Waals surface area contributed by atoms with Gasteiger partial charge in [0, 0.05) is 32.7 Å². The van der Waals surface area contributed by atoms with Gasteiger partial charge >= 0.3 is 0 Å². The van der Waals surface area contributed by atoms with Gasteiger partial charge < -0.3 is 10.1 Å². The van der Waals surface area contributed by atoms with Crippen LogP contribution < -0.4 is 10.7 Å². The summed E-state index contributed by atoms with van der Waals surface area (Å²) in [4.78, 5) is 0. The standard InChI is InChI=1S/C22H37FN4O/c1-27-21(7-8-26-27)22-16(11-18-14-25-9-10-28-18)3-2-4-19(22)15-5-6-17(13-24)20(23)12-15/h15-22,25-26H,2-12,14H2,1H3. The van der Waals surface area contributed by atoms with Crippen molar-refractivity contribution in [1.29, 1.82) is 5.26 Å². The van der Waals surface area contributed by atoms with Crippen LogP contribution in [0.5, 0.6) is 0 Å². The number of halogens is 1. The van der Waals surface area contributed by atoms with E-state index in [9.17, 15) is 9.65 Å². The normalized spacial score (nSPS) is 45.6. The Morgan fingerprint density at radius 3 is 2.75 bits per heavy atom. The molecule has 2 saturated carbocycles. The van der Waals surface area contributed by atoms with Crippen molar-refractivity contribution in [2.24, 2.45) is 29.6 Å². The molecule has 0 bridgehead atoms. The van der Waals surface area contributed by atoms with Crippen molar-refractivity contribution in [2.75, 3.05) is 33.3 Å². The number of rotatable bonds is 4. The molecule has 0 aromatic heterocycles. The van der Waals surface area contributed by atoms with Crippen molar-refractivity contribution in [3.05, 3.63) is 0 Å². The molecule has 2 saturated heterocycles. The van der Waals surface area contributed by atoms with Crippen molar-refractivity contribution < 1.29 is 9.13 Å². The second kappa shape index (κ2) is 9.38. The molecule has 2 heterocycles. The predicted octanol–water partition coefficient (Wildman–Crippen LogP) is 2.88. The third kappa shape index (κ3) is 4.38. The van der Waals surface area contributed by atoms with Gasteiger partial charge in [-0.3, -0.25) is 5.43 Å². The zero-order valence-corrected chi connectivity index (χ0v) is 17.3. The third-order valence-corrected chi connectivity index (χ3v) is 8.05. The summed E-state index contributed by atoms with van der Waals surface area (Å²) in [6.07, 6.45) is 7.82. The lowest BCUT2D eigenvalue weighted by atomic mass is 9.59. The molecule has 4 rings (SSSR count). The number of hydrogen-bond acceptors (Lipinski definition) is 5. The molecule has 4 aliphatic rings. The Morgan fingerprint density at radius 1 is 1.18 bits per heavy atom. The number of hydrogen-bond donors (Lipinski definition) is 2. The van der Waals surface area contributed by atoms with E-state index in [2.05, 4.69) is 28.9 Å². The Labute approximate surface area is 169 Å². The van der Waals surface area contributed by atoms with Gasteiger partial charge in [-0.2, -0.15) is 5.26 Å². The van der Waals surface area contributed by atoms with E-state index in [0.29, 0.717) is 42.2 Å². The van der Waals surface area contributed by atoms with Crippen LogP contribution in [0.4, 0.5) is 4.39 Å². The molecule has 2 aliphatic carbocycles. The van der Waals surface area contributed by atoms with Gasteiger partial charge in [-0.15, -0.1) is 0 Å². The van der Waals surface area contributed by atoms with Gasteiger partial charge in [-0.1, -0.05) is 12.8 Å². The molecule has 158 valence electrons. The van der Waals surface area contributed by atoms with E-state index in [-0.39, 0.29) is 5.92 Å². The quantitative estimate of drug-likeness (QED) is 0.770. The molecule has 2 aliphatic heterocycles. The summed E-state index contributed by atoms with van der Waals surface area (Å²) in [5.41, 5.74) is 3.51. The summed E-state index contributed by atoms with van der Waals surface area (Å²) >= 11 is 0. The summed E-state index contributed by atoms with van der Waals surface area (Å²) in [5, 5.41) is 15.0. The van der Waals surface area contributed by atoms with Crippen LogP contribution in [0.3, 0.4) is 0 Å². The summed E-state index contributed by atoms with van der Waals surface area (Å²) in [5.74, 6) is 1.90. The fourth-order valence-electron chi connectivity index (χ4n) is 6.71. The van der Waals surface area contributed by atoms with Gasteiger partial charge in [-0.25, -0.2) is 9.40 Å². The van der Waals surface area contributed by atoms with E-state index in [1.807, 2.05) is 0 Å². The minimum absolute atomic E-state index is 0.322. The monoisotopic (exact) mass is 392 g/mol. The second-order valence-corrected chi connectivity index (χ2v) is 9.56. The van der Waals surface area contributed by atoms with Gasteiger partial charge in [-0.05, 0) is 62.2 Å². The maximum Gasteiger partial charge on any atom is 0.116 e. The van der Waals surface area contributed by atoms with Crippen LogP contribution in [-0.4, -0.2) is 56.6 Å². The minimum Gasteiger partial charge on any atom is -0.376 e. The van der Waals surface area contributed by atoms with Crippen LogP contribution in [0.15, 0.2) is 0 Å². The SMILES string of the molecule is CN1NCCC1C1C(CC2CNCCO2)CCCC1C1CCC(C#N)C(F)C1. The van der Waals surface area contributed by atoms with E-state index >= 15 is 0 Å². The van der Waals surface area contributed by atoms with Crippen molar-refractivity contribution in [3.63, 3.8) is 0 Å². The number of morpholine rings is 1. The van der Waals surface area contributed by atoms with Crippen molar-refractivity contribution in [3.8, 4) is 6.07 Å². The van der Waals surface area contributed by atoms with E-state index < -0.39 is 6.17 Å². The first-order valence-electron chi connectivity index (χ1n) is 11.5. The molecule has 6 heteroatoms. The zero-order chi connectivity index (χ0) is 19.5. The highest BCUT2D eigenvalue weighted by atomic mass is 19.1. The fourth-order valence-corrected chi connectivity index (χ4v) is 6.71. The largest absolute Gasteiger partial charge is 0.376 e. The average molecular weight is 393 g/mol. The van der Waals surface area contributed by atoms with Gasteiger partial charge in [0.25, 0.3) is 0 Å². The Kier molecular flexibility index (Phi) is 6.88. The molecular weight excluding hydrogens is 355 g/mol. The number of alkyl halides is 1. The van der Waals surface area contributed by atoms with Crippen LogP contribution in [0.2, 0.25) is 0 Å². The molecule has 0 aromatic rings. The summed E-state index contributed by atoms with van der Waals surface area (Å²) in [6.45, 7) is 3.79. The molecule has 0 aromatic carbocycles. The molecule has 2 N–H and O–H groups in total. The second-order valence-electron chi connectivity index (χ2n) is 9.56. The van der Waals surface area contributed by atoms with E-state index in [0.717, 1.165) is 45.5 Å². The molecule has 8 unspecified atom stereocenters. The highest BCUT2D eigenvalue weighted by Crippen LogP contribution is 2.49. The lowest BCUT2D eigenvalue weighted by Gasteiger charge is -2.48. The Morgan fingerprint density at radius 2 is 2.07 bits per heavy atom. The minimum atomic E-state index is -0.935. The highest BCUT2D eigenvalue weighted by Gasteiger charge is 2.46. The number of hydrazine groups is 1. The molecule has 28 heavy (non-hydrogen) atoms. The van der Waals surface area contributed by atoms with Gasteiger partial charge in [0.15, 0.2) is 0 Å². The molecule has 5 nitrogen and oxygen atoms in total. The smallest absolute Gasteiger partial charge is 0.116 e. The maximum atomic E-state index is 14.6. The maximum absolute atomic E-state index is 14.6. The van der Waals surface area contributed by atoms with E-state index in [4.69, 9.17) is 4.74 Å². The molecule has 4 fully saturated rings. The Hall–Kier alpha value is -0.740. The highest BCUT2D eigenvalue weighted by molar-refractivity contribution is 5.00. The molecule has 0 radical (unpaired) electrons. The first kappa shape index (κ1) is 20.5. The molecule has 0 amide bonds. The molecule has 8 atom stereocenters. The fraction of sp³-hybridized carbons (Fsp3) is 0.955. The number of ether oxygens (including phenoxy) is 1. The van der Waals surface area contributed by atoms with Crippen LogP contribution in [0.25, 0.3) is 0 Å². The lowest BCUT2D eigenvalue weighted by molar-refractivity contribution is -0.0369. The summed E-state index contributed by atoms with van der Waals surface area (Å²) in [7, 11) is 2.18. The van der Waals surface area contributed by atoms with Gasteiger partial charge in [0.05, 0.1) is 24.7 Å². The molecule has 0 spiro atoms. The number of nitrogens with zero attached hydrogens (tertiary/aromatic N) is 2. The zero-order valence-electron chi connectivity index (χ0n) is 17.3. The van der Waals surface area contributed by atoms with Crippen molar-refractivity contribution in [1.82, 2.24) is 15.8 Å². The van der Waals surface area contributed by atoms with Crippen LogP contribution in [0, 0.1) is 40.9 Å². The average Bonchev–Trinajstić information content (AvgIpc) is 3.14. The van der Waals surface area contributed by atoms with Gasteiger partial charge in [0.1, 0.15) is 6.17 Å². The third-order valence-electron chi connectivity index (χ3n) is 8.05.